The molecule has 0 unspecified atom stereocenters. The molecule has 1 fully saturated rings. The van der Waals surface area contributed by atoms with Crippen LogP contribution in [0.4, 0.5) is 5.69 Å². The minimum atomic E-state index is 0.0121. The van der Waals surface area contributed by atoms with Crippen LogP contribution in [0.2, 0.25) is 0 Å². The van der Waals surface area contributed by atoms with E-state index in [4.69, 9.17) is 14.7 Å². The number of ether oxygens (including phenoxy) is 2. The largest absolute Gasteiger partial charge is 0.493 e. The number of methoxy groups -OCH3 is 2. The fourth-order valence-electron chi connectivity index (χ4n) is 3.30. The summed E-state index contributed by atoms with van der Waals surface area (Å²) in [6, 6.07) is 12.7. The molecule has 7 heteroatoms. The zero-order valence-electron chi connectivity index (χ0n) is 15.6. The van der Waals surface area contributed by atoms with Crippen molar-refractivity contribution in [1.29, 1.82) is 0 Å². The molecule has 0 spiro atoms. The Hall–Kier alpha value is -2.77. The molecule has 0 radical (unpaired) electrons. The maximum absolute atomic E-state index is 12.6. The van der Waals surface area contributed by atoms with Crippen LogP contribution in [0.5, 0.6) is 11.5 Å². The minimum absolute atomic E-state index is 0.0121. The summed E-state index contributed by atoms with van der Waals surface area (Å²) >= 11 is 0. The van der Waals surface area contributed by atoms with Gasteiger partial charge >= 0.3 is 0 Å². The van der Waals surface area contributed by atoms with Gasteiger partial charge in [-0.1, -0.05) is 12.1 Å². The molecule has 2 aromatic carbocycles. The molecule has 0 atom stereocenters. The van der Waals surface area contributed by atoms with Crippen molar-refractivity contribution in [2.75, 3.05) is 45.9 Å². The van der Waals surface area contributed by atoms with E-state index in [0.29, 0.717) is 24.3 Å². The van der Waals surface area contributed by atoms with E-state index in [9.17, 15) is 4.79 Å². The molecular formula is C20H25N3O4. The molecule has 1 heterocycles. The van der Waals surface area contributed by atoms with E-state index in [-0.39, 0.29) is 5.91 Å². The zero-order chi connectivity index (χ0) is 19.2. The van der Waals surface area contributed by atoms with Gasteiger partial charge in [0.1, 0.15) is 0 Å². The Kier molecular flexibility index (Phi) is 6.16. The fourth-order valence-corrected chi connectivity index (χ4v) is 3.30. The zero-order valence-corrected chi connectivity index (χ0v) is 15.6. The first-order valence-electron chi connectivity index (χ1n) is 8.88. The van der Waals surface area contributed by atoms with Gasteiger partial charge in [-0.3, -0.25) is 20.4 Å². The molecule has 0 bridgehead atoms. The van der Waals surface area contributed by atoms with Gasteiger partial charge in [0, 0.05) is 43.9 Å². The predicted octanol–water partition coefficient (Wildman–Crippen LogP) is 2.46. The van der Waals surface area contributed by atoms with Crippen LogP contribution in [0.25, 0.3) is 0 Å². The standard InChI is InChI=1S/C20H25N3O4/c1-26-18-5-3-4-16(19(18)27-2)14-22-10-12-23(13-11-22)20(24)15-6-8-17(21-25)9-7-15/h3-9,21,25H,10-14H2,1-2H3. The summed E-state index contributed by atoms with van der Waals surface area (Å²) in [5, 5.41) is 8.87. The first kappa shape index (κ1) is 19.0. The second-order valence-corrected chi connectivity index (χ2v) is 6.41. The summed E-state index contributed by atoms with van der Waals surface area (Å²) in [4.78, 5) is 16.8. The van der Waals surface area contributed by atoms with Crippen LogP contribution in [0.15, 0.2) is 42.5 Å². The lowest BCUT2D eigenvalue weighted by molar-refractivity contribution is 0.0627. The lowest BCUT2D eigenvalue weighted by atomic mass is 10.1. The van der Waals surface area contributed by atoms with Crippen molar-refractivity contribution in [2.45, 2.75) is 6.54 Å². The number of nitrogens with zero attached hydrogens (tertiary/aromatic N) is 2. The number of rotatable bonds is 6. The molecule has 0 aromatic heterocycles. The van der Waals surface area contributed by atoms with E-state index in [1.54, 1.807) is 38.5 Å². The third-order valence-electron chi connectivity index (χ3n) is 4.80. The van der Waals surface area contributed by atoms with Gasteiger partial charge in [-0.05, 0) is 30.3 Å². The van der Waals surface area contributed by atoms with Crippen LogP contribution in [0, 0.1) is 0 Å². The smallest absolute Gasteiger partial charge is 0.253 e. The van der Waals surface area contributed by atoms with E-state index in [2.05, 4.69) is 10.4 Å². The van der Waals surface area contributed by atoms with Gasteiger partial charge in [-0.15, -0.1) is 0 Å². The van der Waals surface area contributed by atoms with Gasteiger partial charge in [-0.25, -0.2) is 0 Å². The monoisotopic (exact) mass is 371 g/mol. The Morgan fingerprint density at radius 1 is 1.04 bits per heavy atom. The molecule has 3 rings (SSSR count). The van der Waals surface area contributed by atoms with Crippen molar-refractivity contribution in [3.8, 4) is 11.5 Å². The molecule has 1 aliphatic heterocycles. The molecule has 2 aromatic rings. The molecule has 1 aliphatic rings. The highest BCUT2D eigenvalue weighted by Crippen LogP contribution is 2.31. The Labute approximate surface area is 159 Å². The second-order valence-electron chi connectivity index (χ2n) is 6.41. The molecule has 0 aliphatic carbocycles. The Bertz CT molecular complexity index is 771. The van der Waals surface area contributed by atoms with Crippen molar-refractivity contribution in [3.05, 3.63) is 53.6 Å². The number of hydrogen-bond donors (Lipinski definition) is 2. The molecule has 0 saturated carbocycles. The van der Waals surface area contributed by atoms with Gasteiger partial charge in [0.25, 0.3) is 5.91 Å². The summed E-state index contributed by atoms with van der Waals surface area (Å²) in [6.07, 6.45) is 0. The van der Waals surface area contributed by atoms with Crippen LogP contribution >= 0.6 is 0 Å². The van der Waals surface area contributed by atoms with Gasteiger partial charge < -0.3 is 14.4 Å². The van der Waals surface area contributed by atoms with Crippen LogP contribution in [0.1, 0.15) is 15.9 Å². The SMILES string of the molecule is COc1cccc(CN2CCN(C(=O)c3ccc(NO)cc3)CC2)c1OC. The topological polar surface area (TPSA) is 74.3 Å². The van der Waals surface area contributed by atoms with Crippen molar-refractivity contribution < 1.29 is 19.5 Å². The first-order valence-corrected chi connectivity index (χ1v) is 8.88. The molecule has 1 amide bonds. The van der Waals surface area contributed by atoms with E-state index in [1.165, 1.54) is 0 Å². The number of piperazine rings is 1. The molecule has 144 valence electrons. The lowest BCUT2D eigenvalue weighted by Gasteiger charge is -2.35. The van der Waals surface area contributed by atoms with Crippen LogP contribution in [-0.4, -0.2) is 61.3 Å². The Balaban J connectivity index is 1.59. The molecule has 2 N–H and O–H groups in total. The highest BCUT2D eigenvalue weighted by Gasteiger charge is 2.23. The van der Waals surface area contributed by atoms with Crippen molar-refractivity contribution in [3.63, 3.8) is 0 Å². The molecule has 1 saturated heterocycles. The number of nitrogens with one attached hydrogen (secondary N) is 1. The average molecular weight is 371 g/mol. The third kappa shape index (κ3) is 4.32. The first-order chi connectivity index (χ1) is 13.2. The molecule has 27 heavy (non-hydrogen) atoms. The van der Waals surface area contributed by atoms with Crippen LogP contribution in [0.3, 0.4) is 0 Å². The van der Waals surface area contributed by atoms with E-state index < -0.39 is 0 Å². The third-order valence-corrected chi connectivity index (χ3v) is 4.80. The van der Waals surface area contributed by atoms with E-state index in [0.717, 1.165) is 36.7 Å². The van der Waals surface area contributed by atoms with Gasteiger partial charge in [0.15, 0.2) is 11.5 Å². The lowest BCUT2D eigenvalue weighted by Crippen LogP contribution is -2.48. The molecular weight excluding hydrogens is 346 g/mol. The minimum Gasteiger partial charge on any atom is -0.493 e. The summed E-state index contributed by atoms with van der Waals surface area (Å²) in [6.45, 7) is 3.68. The maximum atomic E-state index is 12.6. The van der Waals surface area contributed by atoms with E-state index in [1.807, 2.05) is 23.1 Å². The second kappa shape index (κ2) is 8.75. The van der Waals surface area contributed by atoms with Gasteiger partial charge in [0.2, 0.25) is 0 Å². The Morgan fingerprint density at radius 3 is 2.33 bits per heavy atom. The number of carbonyl (C=O) groups excluding carboxylic acids is 1. The summed E-state index contributed by atoms with van der Waals surface area (Å²) in [5.74, 6) is 1.50. The van der Waals surface area contributed by atoms with Gasteiger partial charge in [0.05, 0.1) is 19.9 Å². The number of anilines is 1. The maximum Gasteiger partial charge on any atom is 0.253 e. The van der Waals surface area contributed by atoms with E-state index >= 15 is 0 Å². The molecule has 7 nitrogen and oxygen atoms in total. The number of carbonyl (C=O) groups is 1. The van der Waals surface area contributed by atoms with Crippen LogP contribution in [-0.2, 0) is 6.54 Å². The quantitative estimate of drug-likeness (QED) is 0.760. The number of hydrogen-bond acceptors (Lipinski definition) is 6. The highest BCUT2D eigenvalue weighted by molar-refractivity contribution is 5.94. The van der Waals surface area contributed by atoms with Crippen molar-refractivity contribution >= 4 is 11.6 Å². The van der Waals surface area contributed by atoms with Gasteiger partial charge in [-0.2, -0.15) is 0 Å². The number of para-hydroxylation sites is 1. The normalized spacial score (nSPS) is 14.7. The summed E-state index contributed by atoms with van der Waals surface area (Å²) in [7, 11) is 3.28. The number of benzene rings is 2. The summed E-state index contributed by atoms with van der Waals surface area (Å²) < 4.78 is 10.9. The van der Waals surface area contributed by atoms with Crippen molar-refractivity contribution in [1.82, 2.24) is 9.80 Å². The fraction of sp³-hybridized carbons (Fsp3) is 0.350. The number of amides is 1. The van der Waals surface area contributed by atoms with Crippen LogP contribution < -0.4 is 15.0 Å². The summed E-state index contributed by atoms with van der Waals surface area (Å²) in [5.41, 5.74) is 4.32. The Morgan fingerprint density at radius 2 is 1.74 bits per heavy atom. The highest BCUT2D eigenvalue weighted by atomic mass is 16.5. The predicted molar refractivity (Wildman–Crippen MR) is 103 cm³/mol. The van der Waals surface area contributed by atoms with Crippen molar-refractivity contribution in [2.24, 2.45) is 0 Å². The average Bonchev–Trinajstić information content (AvgIpc) is 2.73.